The fourth-order valence-electron chi connectivity index (χ4n) is 3.73. The van der Waals surface area contributed by atoms with Crippen LogP contribution in [-0.4, -0.2) is 27.1 Å². The molecule has 3 heterocycles. The number of carbonyl (C=O) groups excluding carboxylic acids is 2. The Kier molecular flexibility index (Phi) is 9.24. The zero-order chi connectivity index (χ0) is 30.1. The van der Waals surface area contributed by atoms with Crippen molar-refractivity contribution in [3.63, 3.8) is 0 Å². The van der Waals surface area contributed by atoms with Gasteiger partial charge in [0.15, 0.2) is 11.5 Å². The van der Waals surface area contributed by atoms with E-state index < -0.39 is 17.7 Å². The highest BCUT2D eigenvalue weighted by atomic mass is 32.1. The number of carbonyl (C=O) groups is 2. The number of nitrogens with zero attached hydrogens (tertiary/aromatic N) is 3. The van der Waals surface area contributed by atoms with Crippen molar-refractivity contribution in [2.24, 2.45) is 0 Å². The molecule has 0 aliphatic carbocycles. The predicted octanol–water partition coefficient (Wildman–Crippen LogP) is 6.60. The van der Waals surface area contributed by atoms with Gasteiger partial charge in [-0.25, -0.2) is 19.6 Å². The highest BCUT2D eigenvalue weighted by Gasteiger charge is 2.24. The van der Waals surface area contributed by atoms with E-state index in [1.54, 1.807) is 59.7 Å². The molecule has 0 saturated heterocycles. The second-order valence-corrected chi connectivity index (χ2v) is 11.1. The molecular formula is C30H26N6O5S2. The molecule has 0 atom stereocenters. The van der Waals surface area contributed by atoms with E-state index in [1.807, 2.05) is 56.3 Å². The van der Waals surface area contributed by atoms with Gasteiger partial charge in [-0.2, -0.15) is 11.0 Å². The van der Waals surface area contributed by atoms with Crippen molar-refractivity contribution in [2.75, 3.05) is 0 Å². The van der Waals surface area contributed by atoms with Crippen LogP contribution in [-0.2, 0) is 5.54 Å². The molecule has 0 bridgehead atoms. The number of amides is 3. The van der Waals surface area contributed by atoms with Gasteiger partial charge in [-0.3, -0.25) is 4.98 Å². The Morgan fingerprint density at radius 3 is 1.91 bits per heavy atom. The zero-order valence-electron chi connectivity index (χ0n) is 23.0. The number of hydroxylamine groups is 2. The molecule has 3 aromatic carbocycles. The lowest BCUT2D eigenvalue weighted by molar-refractivity contribution is 0.142. The van der Waals surface area contributed by atoms with Crippen molar-refractivity contribution in [2.45, 2.75) is 19.4 Å². The molecule has 0 saturated carbocycles. The number of fused-ring (bicyclic) bond motifs is 2. The van der Waals surface area contributed by atoms with Gasteiger partial charge in [-0.1, -0.05) is 24.3 Å². The van der Waals surface area contributed by atoms with Crippen molar-refractivity contribution < 1.29 is 24.0 Å². The second-order valence-electron chi connectivity index (χ2n) is 9.37. The van der Waals surface area contributed by atoms with E-state index in [0.29, 0.717) is 17.2 Å². The summed E-state index contributed by atoms with van der Waals surface area (Å²) < 4.78 is 7.01. The van der Waals surface area contributed by atoms with Crippen LogP contribution in [0.1, 0.15) is 19.5 Å². The first-order chi connectivity index (χ1) is 20.9. The monoisotopic (exact) mass is 614 g/mol. The molecular weight excluding hydrogens is 589 g/mol. The number of aromatic nitrogens is 3. The van der Waals surface area contributed by atoms with Crippen molar-refractivity contribution >= 4 is 55.2 Å². The molecule has 0 unspecified atom stereocenters. The van der Waals surface area contributed by atoms with E-state index in [-0.39, 0.29) is 0 Å². The molecule has 6 rings (SSSR count). The van der Waals surface area contributed by atoms with Gasteiger partial charge in [-0.05, 0) is 62.4 Å². The number of benzene rings is 3. The number of rotatable bonds is 7. The average molecular weight is 615 g/mol. The molecule has 3 aromatic heterocycles. The lowest BCUT2D eigenvalue weighted by Gasteiger charge is -2.25. The molecule has 0 fully saturated rings. The van der Waals surface area contributed by atoms with Crippen molar-refractivity contribution in [3.8, 4) is 17.2 Å². The van der Waals surface area contributed by atoms with E-state index in [4.69, 9.17) is 14.4 Å². The van der Waals surface area contributed by atoms with Gasteiger partial charge in [0.1, 0.15) is 5.75 Å². The summed E-state index contributed by atoms with van der Waals surface area (Å²) in [6.45, 7) is 3.75. The maximum Gasteiger partial charge on any atom is 0.446 e. The summed E-state index contributed by atoms with van der Waals surface area (Å²) in [5.74, 6) is 1.52. The molecule has 13 heteroatoms. The number of para-hydroxylation sites is 1. The summed E-state index contributed by atoms with van der Waals surface area (Å²) in [7, 11) is 0. The van der Waals surface area contributed by atoms with Gasteiger partial charge in [0.05, 0.1) is 42.7 Å². The zero-order valence-corrected chi connectivity index (χ0v) is 24.6. The normalized spacial score (nSPS) is 10.7. The molecule has 0 radical (unpaired) electrons. The van der Waals surface area contributed by atoms with Gasteiger partial charge < -0.3 is 19.7 Å². The molecule has 3 amide bonds. The summed E-state index contributed by atoms with van der Waals surface area (Å²) in [5, 5.41) is 2.83. The second kappa shape index (κ2) is 13.6. The van der Waals surface area contributed by atoms with E-state index in [0.717, 1.165) is 26.1 Å². The largest absolute Gasteiger partial charge is 0.446 e. The maximum atomic E-state index is 12.0. The standard InChI is InChI=1S/C16H16N4O2S.C14H10N2O3S/c1-16(2,14-5-3-4-8-17-14)19-15(21)20-22-11-6-7-12-13(9-11)23-10-18-12;17-14(18-10-4-2-1-3-5-10)16-19-11-6-7-12-13(8-11)20-9-15-12/h3-10H,1-2H3,(H2,19,20,21);1-9H,(H,16,17). The molecule has 218 valence electrons. The molecule has 0 aliphatic heterocycles. The summed E-state index contributed by atoms with van der Waals surface area (Å²) >= 11 is 3.02. The number of pyridine rings is 1. The Hall–Kier alpha value is -5.27. The third-order valence-corrected chi connectivity index (χ3v) is 7.39. The van der Waals surface area contributed by atoms with Gasteiger partial charge in [0.2, 0.25) is 0 Å². The average Bonchev–Trinajstić information content (AvgIpc) is 3.69. The first-order valence-corrected chi connectivity index (χ1v) is 14.6. The van der Waals surface area contributed by atoms with Crippen LogP contribution in [0.4, 0.5) is 9.59 Å². The van der Waals surface area contributed by atoms with Gasteiger partial charge in [0.25, 0.3) is 0 Å². The Morgan fingerprint density at radius 2 is 1.30 bits per heavy atom. The summed E-state index contributed by atoms with van der Waals surface area (Å²) in [6.07, 6.45) is 1.01. The highest BCUT2D eigenvalue weighted by Crippen LogP contribution is 2.24. The maximum absolute atomic E-state index is 12.0. The summed E-state index contributed by atoms with van der Waals surface area (Å²) in [6, 6.07) is 24.7. The summed E-state index contributed by atoms with van der Waals surface area (Å²) in [4.78, 5) is 46.7. The third kappa shape index (κ3) is 8.15. The number of hydrogen-bond acceptors (Lipinski definition) is 10. The van der Waals surface area contributed by atoms with E-state index >= 15 is 0 Å². The third-order valence-electron chi connectivity index (χ3n) is 5.80. The number of nitrogens with one attached hydrogen (secondary N) is 3. The lowest BCUT2D eigenvalue weighted by atomic mass is 10.0. The molecule has 11 nitrogen and oxygen atoms in total. The Morgan fingerprint density at radius 1 is 0.698 bits per heavy atom. The van der Waals surface area contributed by atoms with Gasteiger partial charge in [-0.15, -0.1) is 22.7 Å². The SMILES string of the molecule is CC(C)(NC(=O)NOc1ccc2ncsc2c1)c1ccccn1.O=C(NOc1ccc2ncsc2c1)Oc1ccccc1. The Balaban J connectivity index is 0.000000173. The quantitative estimate of drug-likeness (QED) is 0.171. The van der Waals surface area contributed by atoms with Crippen LogP contribution in [0.15, 0.2) is 102 Å². The topological polar surface area (TPSA) is 137 Å². The lowest BCUT2D eigenvalue weighted by Crippen LogP contribution is -2.47. The van der Waals surface area contributed by atoms with Crippen LogP contribution >= 0.6 is 22.7 Å². The van der Waals surface area contributed by atoms with Crippen LogP contribution < -0.4 is 30.7 Å². The van der Waals surface area contributed by atoms with E-state index in [9.17, 15) is 9.59 Å². The van der Waals surface area contributed by atoms with E-state index in [2.05, 4.69) is 31.2 Å². The van der Waals surface area contributed by atoms with Gasteiger partial charge >= 0.3 is 12.1 Å². The van der Waals surface area contributed by atoms with Crippen LogP contribution in [0.3, 0.4) is 0 Å². The Labute approximate surface area is 254 Å². The first-order valence-electron chi connectivity index (χ1n) is 12.9. The minimum atomic E-state index is -0.680. The van der Waals surface area contributed by atoms with Crippen LogP contribution in [0.2, 0.25) is 0 Å². The number of urea groups is 1. The number of hydrogen-bond donors (Lipinski definition) is 3. The van der Waals surface area contributed by atoms with Gasteiger partial charge in [0, 0.05) is 18.3 Å². The van der Waals surface area contributed by atoms with Crippen LogP contribution in [0.5, 0.6) is 17.2 Å². The molecule has 0 spiro atoms. The number of ether oxygens (including phenoxy) is 1. The highest BCUT2D eigenvalue weighted by molar-refractivity contribution is 7.17. The molecule has 0 aliphatic rings. The molecule has 6 aromatic rings. The van der Waals surface area contributed by atoms with Crippen molar-refractivity contribution in [1.82, 2.24) is 31.2 Å². The summed E-state index contributed by atoms with van der Waals surface area (Å²) in [5.41, 5.74) is 10.1. The van der Waals surface area contributed by atoms with Crippen molar-refractivity contribution in [3.05, 3.63) is 108 Å². The van der Waals surface area contributed by atoms with Crippen molar-refractivity contribution in [1.29, 1.82) is 0 Å². The fourth-order valence-corrected chi connectivity index (χ4v) is 5.14. The van der Waals surface area contributed by atoms with E-state index in [1.165, 1.54) is 22.7 Å². The fraction of sp³-hybridized carbons (Fsp3) is 0.100. The first kappa shape index (κ1) is 29.2. The smallest absolute Gasteiger partial charge is 0.408 e. The molecule has 43 heavy (non-hydrogen) atoms. The van der Waals surface area contributed by atoms with Crippen LogP contribution in [0.25, 0.3) is 20.4 Å². The minimum Gasteiger partial charge on any atom is -0.408 e. The minimum absolute atomic E-state index is 0.440. The molecule has 3 N–H and O–H groups in total. The van der Waals surface area contributed by atoms with Crippen LogP contribution in [0, 0.1) is 0 Å². The predicted molar refractivity (Wildman–Crippen MR) is 165 cm³/mol. The Bertz CT molecular complexity index is 1810. The number of thiazole rings is 2.